The molecule has 0 fully saturated rings. The van der Waals surface area contributed by atoms with Crippen LogP contribution in [0.15, 0.2) is 52.2 Å². The minimum atomic E-state index is -0.571. The number of nitrogens with zero attached hydrogens (tertiary/aromatic N) is 5. The molecule has 174 valence electrons. The maximum atomic E-state index is 12.7. The highest BCUT2D eigenvalue weighted by molar-refractivity contribution is 7.98. The summed E-state index contributed by atoms with van der Waals surface area (Å²) in [5.41, 5.74) is 5.37. The maximum Gasteiger partial charge on any atom is 0.339 e. The summed E-state index contributed by atoms with van der Waals surface area (Å²) >= 11 is 3.02. The number of carbonyl (C=O) groups excluding carboxylic acids is 2. The van der Waals surface area contributed by atoms with E-state index in [1.165, 1.54) is 27.8 Å². The molecule has 4 aromatic rings. The summed E-state index contributed by atoms with van der Waals surface area (Å²) in [5.74, 6) is 0.315. The maximum absolute atomic E-state index is 12.7. The number of aryl methyl sites for hydroxylation is 3. The Kier molecular flexibility index (Phi) is 7.33. The molecule has 34 heavy (non-hydrogen) atoms. The SMILES string of the molecule is Cc1cc(C)nc(-n2nc(C)cc2NC(=O)COC(=O)c2ccccc2SCc2cscn2)n1. The predicted octanol–water partition coefficient (Wildman–Crippen LogP) is 4.13. The number of amides is 1. The molecule has 4 rings (SSSR count). The molecule has 1 amide bonds. The lowest BCUT2D eigenvalue weighted by atomic mass is 10.2. The zero-order valence-corrected chi connectivity index (χ0v) is 20.4. The lowest BCUT2D eigenvalue weighted by Gasteiger charge is -2.10. The lowest BCUT2D eigenvalue weighted by Crippen LogP contribution is -2.23. The Labute approximate surface area is 204 Å². The van der Waals surface area contributed by atoms with E-state index >= 15 is 0 Å². The first-order valence-electron chi connectivity index (χ1n) is 10.3. The predicted molar refractivity (Wildman–Crippen MR) is 130 cm³/mol. The average molecular weight is 495 g/mol. The Morgan fingerprint density at radius 1 is 1.09 bits per heavy atom. The normalized spacial score (nSPS) is 10.8. The molecule has 1 N–H and O–H groups in total. The van der Waals surface area contributed by atoms with Crippen LogP contribution in [0.3, 0.4) is 0 Å². The van der Waals surface area contributed by atoms with Gasteiger partial charge >= 0.3 is 5.97 Å². The second kappa shape index (κ2) is 10.6. The Morgan fingerprint density at radius 2 is 1.85 bits per heavy atom. The van der Waals surface area contributed by atoms with Gasteiger partial charge in [-0.25, -0.2) is 19.7 Å². The Bertz CT molecular complexity index is 1300. The molecule has 0 bridgehead atoms. The van der Waals surface area contributed by atoms with Gasteiger partial charge in [-0.1, -0.05) is 12.1 Å². The van der Waals surface area contributed by atoms with E-state index < -0.39 is 18.5 Å². The van der Waals surface area contributed by atoms with Crippen molar-refractivity contribution in [2.75, 3.05) is 11.9 Å². The van der Waals surface area contributed by atoms with E-state index in [-0.39, 0.29) is 0 Å². The number of carbonyl (C=O) groups is 2. The first-order chi connectivity index (χ1) is 16.4. The van der Waals surface area contributed by atoms with E-state index in [9.17, 15) is 9.59 Å². The number of esters is 1. The molecule has 0 aliphatic carbocycles. The van der Waals surface area contributed by atoms with Crippen molar-refractivity contribution in [2.24, 2.45) is 0 Å². The van der Waals surface area contributed by atoms with Gasteiger partial charge < -0.3 is 10.1 Å². The lowest BCUT2D eigenvalue weighted by molar-refractivity contribution is -0.119. The van der Waals surface area contributed by atoms with Crippen LogP contribution in [0.4, 0.5) is 5.82 Å². The molecular weight excluding hydrogens is 472 g/mol. The molecule has 0 saturated heterocycles. The molecule has 11 heteroatoms. The van der Waals surface area contributed by atoms with Crippen LogP contribution >= 0.6 is 23.1 Å². The van der Waals surface area contributed by atoms with Crippen molar-refractivity contribution in [2.45, 2.75) is 31.4 Å². The van der Waals surface area contributed by atoms with Gasteiger partial charge in [0.1, 0.15) is 5.82 Å². The summed E-state index contributed by atoms with van der Waals surface area (Å²) in [6.07, 6.45) is 0. The second-order valence-electron chi connectivity index (χ2n) is 7.42. The molecule has 3 heterocycles. The first-order valence-corrected chi connectivity index (χ1v) is 12.3. The number of nitrogens with one attached hydrogen (secondary N) is 1. The van der Waals surface area contributed by atoms with Crippen LogP contribution < -0.4 is 5.32 Å². The number of thiazole rings is 1. The topological polar surface area (TPSA) is 112 Å². The average Bonchev–Trinajstić information content (AvgIpc) is 3.45. The van der Waals surface area contributed by atoms with Crippen molar-refractivity contribution in [1.29, 1.82) is 0 Å². The Hall–Kier alpha value is -3.57. The quantitative estimate of drug-likeness (QED) is 0.287. The minimum absolute atomic E-state index is 0.351. The van der Waals surface area contributed by atoms with Crippen LogP contribution in [0, 0.1) is 20.8 Å². The van der Waals surface area contributed by atoms with E-state index in [1.54, 1.807) is 30.6 Å². The molecule has 0 radical (unpaired) electrons. The van der Waals surface area contributed by atoms with Gasteiger partial charge in [0.25, 0.3) is 11.9 Å². The Morgan fingerprint density at radius 3 is 2.59 bits per heavy atom. The van der Waals surface area contributed by atoms with Gasteiger partial charge in [0.05, 0.1) is 22.5 Å². The molecular formula is C23H22N6O3S2. The number of aromatic nitrogens is 5. The van der Waals surface area contributed by atoms with Crippen molar-refractivity contribution >= 4 is 40.8 Å². The van der Waals surface area contributed by atoms with Gasteiger partial charge in [0.2, 0.25) is 0 Å². The third kappa shape index (κ3) is 5.86. The largest absolute Gasteiger partial charge is 0.452 e. The number of benzene rings is 1. The van der Waals surface area contributed by atoms with Crippen LogP contribution in [0.1, 0.15) is 33.1 Å². The molecule has 1 aromatic carbocycles. The molecule has 3 aromatic heterocycles. The van der Waals surface area contributed by atoms with Crippen molar-refractivity contribution in [3.63, 3.8) is 0 Å². The second-order valence-corrected chi connectivity index (χ2v) is 9.16. The standard InChI is InChI=1S/C23H22N6O3S2/c1-14-8-15(2)26-23(25-14)29-20(9-16(3)28-29)27-21(30)10-32-22(31)18-6-4-5-7-19(18)34-12-17-11-33-13-24-17/h4-9,11,13H,10,12H2,1-3H3,(H,27,30). The monoisotopic (exact) mass is 494 g/mol. The molecule has 0 unspecified atom stereocenters. The molecule has 0 aliphatic heterocycles. The molecule has 0 atom stereocenters. The van der Waals surface area contributed by atoms with Crippen molar-refractivity contribution in [3.8, 4) is 5.95 Å². The van der Waals surface area contributed by atoms with Gasteiger partial charge in [-0.2, -0.15) is 9.78 Å². The first kappa shape index (κ1) is 23.6. The highest BCUT2D eigenvalue weighted by atomic mass is 32.2. The number of thioether (sulfide) groups is 1. The van der Waals surface area contributed by atoms with Gasteiger partial charge in [0, 0.05) is 33.5 Å². The molecule has 0 spiro atoms. The fourth-order valence-corrected chi connectivity index (χ4v) is 4.76. The molecule has 9 nitrogen and oxygen atoms in total. The van der Waals surface area contributed by atoms with Gasteiger partial charge in [-0.05, 0) is 39.0 Å². The smallest absolute Gasteiger partial charge is 0.339 e. The summed E-state index contributed by atoms with van der Waals surface area (Å²) in [6, 6.07) is 10.7. The van der Waals surface area contributed by atoms with Crippen LogP contribution in [-0.2, 0) is 15.3 Å². The molecule has 0 saturated carbocycles. The van der Waals surface area contributed by atoms with Crippen molar-refractivity contribution in [3.05, 3.63) is 75.6 Å². The van der Waals surface area contributed by atoms with Crippen LogP contribution in [0.2, 0.25) is 0 Å². The zero-order valence-electron chi connectivity index (χ0n) is 18.8. The summed E-state index contributed by atoms with van der Waals surface area (Å²) < 4.78 is 6.75. The van der Waals surface area contributed by atoms with E-state index in [0.717, 1.165) is 22.0 Å². The van der Waals surface area contributed by atoms with E-state index in [1.807, 2.05) is 37.4 Å². The highest BCUT2D eigenvalue weighted by Crippen LogP contribution is 2.27. The fourth-order valence-electron chi connectivity index (χ4n) is 3.15. The fraction of sp³-hybridized carbons (Fsp3) is 0.217. The molecule has 0 aliphatic rings. The summed E-state index contributed by atoms with van der Waals surface area (Å²) in [7, 11) is 0. The Balaban J connectivity index is 1.40. The van der Waals surface area contributed by atoms with E-state index in [0.29, 0.717) is 28.8 Å². The van der Waals surface area contributed by atoms with E-state index in [2.05, 4.69) is 25.4 Å². The van der Waals surface area contributed by atoms with Gasteiger partial charge in [0.15, 0.2) is 6.61 Å². The van der Waals surface area contributed by atoms with Crippen LogP contribution in [-0.4, -0.2) is 43.2 Å². The van der Waals surface area contributed by atoms with Gasteiger partial charge in [-0.3, -0.25) is 4.79 Å². The summed E-state index contributed by atoms with van der Waals surface area (Å²) in [6.45, 7) is 5.08. The van der Waals surface area contributed by atoms with Crippen LogP contribution in [0.25, 0.3) is 5.95 Å². The van der Waals surface area contributed by atoms with Crippen LogP contribution in [0.5, 0.6) is 0 Å². The number of anilines is 1. The van der Waals surface area contributed by atoms with E-state index in [4.69, 9.17) is 4.74 Å². The number of ether oxygens (including phenoxy) is 1. The number of hydrogen-bond donors (Lipinski definition) is 1. The van der Waals surface area contributed by atoms with Gasteiger partial charge in [-0.15, -0.1) is 23.1 Å². The minimum Gasteiger partial charge on any atom is -0.452 e. The third-order valence-electron chi connectivity index (χ3n) is 4.56. The zero-order chi connectivity index (χ0) is 24.1. The summed E-state index contributed by atoms with van der Waals surface area (Å²) in [4.78, 5) is 39.0. The van der Waals surface area contributed by atoms with Crippen molar-refractivity contribution < 1.29 is 14.3 Å². The third-order valence-corrected chi connectivity index (χ3v) is 6.30. The number of rotatable bonds is 8. The highest BCUT2D eigenvalue weighted by Gasteiger charge is 2.17. The number of hydrogen-bond acceptors (Lipinski definition) is 9. The summed E-state index contributed by atoms with van der Waals surface area (Å²) in [5, 5.41) is 9.07. The van der Waals surface area contributed by atoms with Crippen molar-refractivity contribution in [1.82, 2.24) is 24.7 Å².